The van der Waals surface area contributed by atoms with Crippen molar-refractivity contribution in [3.05, 3.63) is 34.8 Å². The summed E-state index contributed by atoms with van der Waals surface area (Å²) in [6.45, 7) is 8.85. The molecule has 26 heavy (non-hydrogen) atoms. The number of rotatable bonds is 5. The SMILES string of the molecule is Cc1ccc(-c2cc(C(=O)NCC3CNC3)c3cnn(C(C)C)c3n2)s1. The van der Waals surface area contributed by atoms with Crippen LogP contribution in [0.1, 0.15) is 35.1 Å². The summed E-state index contributed by atoms with van der Waals surface area (Å²) in [4.78, 5) is 20.0. The highest BCUT2D eigenvalue weighted by atomic mass is 32.1. The Hall–Kier alpha value is -2.25. The summed E-state index contributed by atoms with van der Waals surface area (Å²) in [5.74, 6) is 0.469. The van der Waals surface area contributed by atoms with Gasteiger partial charge in [-0.2, -0.15) is 5.10 Å². The van der Waals surface area contributed by atoms with Crippen molar-refractivity contribution in [1.29, 1.82) is 0 Å². The Bertz CT molecular complexity index is 954. The van der Waals surface area contributed by atoms with Crippen LogP contribution in [0, 0.1) is 12.8 Å². The third-order valence-corrected chi connectivity index (χ3v) is 5.73. The minimum atomic E-state index is -0.0536. The molecule has 3 aromatic rings. The van der Waals surface area contributed by atoms with Gasteiger partial charge in [-0.1, -0.05) is 0 Å². The van der Waals surface area contributed by atoms with Crippen molar-refractivity contribution in [3.8, 4) is 10.6 Å². The van der Waals surface area contributed by atoms with Crippen LogP contribution >= 0.6 is 11.3 Å². The number of carbonyl (C=O) groups is 1. The lowest BCUT2D eigenvalue weighted by molar-refractivity contribution is 0.0944. The minimum absolute atomic E-state index is 0.0536. The van der Waals surface area contributed by atoms with E-state index in [1.807, 2.05) is 10.7 Å². The summed E-state index contributed by atoms with van der Waals surface area (Å²) in [5.41, 5.74) is 2.24. The summed E-state index contributed by atoms with van der Waals surface area (Å²) in [7, 11) is 0. The fourth-order valence-electron chi connectivity index (χ4n) is 3.11. The zero-order chi connectivity index (χ0) is 18.3. The maximum atomic E-state index is 12.9. The monoisotopic (exact) mass is 369 g/mol. The highest BCUT2D eigenvalue weighted by Gasteiger charge is 2.21. The quantitative estimate of drug-likeness (QED) is 0.725. The normalized spacial score (nSPS) is 14.8. The Labute approximate surface area is 156 Å². The first-order valence-corrected chi connectivity index (χ1v) is 9.78. The van der Waals surface area contributed by atoms with Crippen LogP contribution in [-0.2, 0) is 0 Å². The van der Waals surface area contributed by atoms with E-state index in [9.17, 15) is 4.79 Å². The van der Waals surface area contributed by atoms with Crippen LogP contribution in [0.25, 0.3) is 21.6 Å². The van der Waals surface area contributed by atoms with Crippen molar-refractivity contribution in [2.75, 3.05) is 19.6 Å². The molecule has 0 radical (unpaired) electrons. The molecule has 136 valence electrons. The number of amides is 1. The van der Waals surface area contributed by atoms with Gasteiger partial charge in [0.2, 0.25) is 0 Å². The van der Waals surface area contributed by atoms with E-state index in [1.54, 1.807) is 17.5 Å². The molecule has 2 N–H and O–H groups in total. The molecular weight excluding hydrogens is 346 g/mol. The predicted octanol–water partition coefficient (Wildman–Crippen LogP) is 3.00. The van der Waals surface area contributed by atoms with Crippen LogP contribution < -0.4 is 10.6 Å². The Morgan fingerprint density at radius 1 is 1.42 bits per heavy atom. The molecule has 0 aromatic carbocycles. The molecule has 0 atom stereocenters. The van der Waals surface area contributed by atoms with Crippen LogP contribution in [0.4, 0.5) is 0 Å². The maximum Gasteiger partial charge on any atom is 0.252 e. The van der Waals surface area contributed by atoms with E-state index in [4.69, 9.17) is 4.98 Å². The summed E-state index contributed by atoms with van der Waals surface area (Å²) >= 11 is 1.69. The van der Waals surface area contributed by atoms with E-state index in [1.165, 1.54) is 4.88 Å². The van der Waals surface area contributed by atoms with Gasteiger partial charge in [-0.05, 0) is 39.0 Å². The van der Waals surface area contributed by atoms with Crippen molar-refractivity contribution in [1.82, 2.24) is 25.4 Å². The summed E-state index contributed by atoms with van der Waals surface area (Å²) in [5, 5.41) is 11.6. The number of aryl methyl sites for hydroxylation is 1. The molecule has 0 saturated carbocycles. The Balaban J connectivity index is 1.77. The third kappa shape index (κ3) is 3.12. The second-order valence-electron chi connectivity index (χ2n) is 7.12. The van der Waals surface area contributed by atoms with Gasteiger partial charge in [-0.25, -0.2) is 9.67 Å². The van der Waals surface area contributed by atoms with Crippen LogP contribution in [0.2, 0.25) is 0 Å². The van der Waals surface area contributed by atoms with Gasteiger partial charge < -0.3 is 10.6 Å². The summed E-state index contributed by atoms with van der Waals surface area (Å²) < 4.78 is 1.88. The van der Waals surface area contributed by atoms with Gasteiger partial charge in [-0.15, -0.1) is 11.3 Å². The van der Waals surface area contributed by atoms with Gasteiger partial charge in [0.1, 0.15) is 0 Å². The fourth-order valence-corrected chi connectivity index (χ4v) is 3.94. The number of nitrogens with one attached hydrogen (secondary N) is 2. The molecule has 6 nitrogen and oxygen atoms in total. The molecule has 1 fully saturated rings. The van der Waals surface area contributed by atoms with Gasteiger partial charge in [0, 0.05) is 36.5 Å². The van der Waals surface area contributed by atoms with E-state index < -0.39 is 0 Å². The first-order chi connectivity index (χ1) is 12.5. The Morgan fingerprint density at radius 3 is 2.85 bits per heavy atom. The summed E-state index contributed by atoms with van der Waals surface area (Å²) in [6.07, 6.45) is 1.76. The largest absolute Gasteiger partial charge is 0.352 e. The third-order valence-electron chi connectivity index (χ3n) is 4.71. The summed E-state index contributed by atoms with van der Waals surface area (Å²) in [6, 6.07) is 6.21. The Kier molecular flexibility index (Phi) is 4.50. The number of pyridine rings is 1. The second kappa shape index (κ2) is 6.81. The van der Waals surface area contributed by atoms with Crippen molar-refractivity contribution >= 4 is 28.3 Å². The lowest BCUT2D eigenvalue weighted by Gasteiger charge is -2.27. The lowest BCUT2D eigenvalue weighted by Crippen LogP contribution is -2.48. The molecule has 4 rings (SSSR count). The van der Waals surface area contributed by atoms with E-state index in [0.717, 1.165) is 34.7 Å². The number of thiophene rings is 1. The molecule has 0 bridgehead atoms. The second-order valence-corrected chi connectivity index (χ2v) is 8.41. The van der Waals surface area contributed by atoms with Crippen LogP contribution in [0.15, 0.2) is 24.4 Å². The smallest absolute Gasteiger partial charge is 0.252 e. The standard InChI is InChI=1S/C19H23N5OS/c1-11(2)24-18-15(10-22-24)14(19(25)21-9-13-7-20-8-13)6-16(23-18)17-5-4-12(3)26-17/h4-6,10-11,13,20H,7-9H2,1-3H3,(H,21,25). The molecule has 4 heterocycles. The van der Waals surface area contributed by atoms with Crippen LogP contribution in [-0.4, -0.2) is 40.3 Å². The van der Waals surface area contributed by atoms with E-state index in [2.05, 4.69) is 48.6 Å². The van der Waals surface area contributed by atoms with Crippen molar-refractivity contribution in [3.63, 3.8) is 0 Å². The van der Waals surface area contributed by atoms with Gasteiger partial charge in [-0.3, -0.25) is 4.79 Å². The number of fused-ring (bicyclic) bond motifs is 1. The maximum absolute atomic E-state index is 12.9. The highest BCUT2D eigenvalue weighted by molar-refractivity contribution is 7.15. The van der Waals surface area contributed by atoms with Gasteiger partial charge >= 0.3 is 0 Å². The molecule has 1 amide bonds. The molecule has 1 saturated heterocycles. The zero-order valence-corrected chi connectivity index (χ0v) is 16.1. The topological polar surface area (TPSA) is 71.8 Å². The Morgan fingerprint density at radius 2 is 2.23 bits per heavy atom. The fraction of sp³-hybridized carbons (Fsp3) is 0.421. The molecule has 7 heteroatoms. The van der Waals surface area contributed by atoms with Crippen molar-refractivity contribution in [2.24, 2.45) is 5.92 Å². The van der Waals surface area contributed by atoms with Gasteiger partial charge in [0.25, 0.3) is 5.91 Å². The van der Waals surface area contributed by atoms with Gasteiger partial charge in [0.15, 0.2) is 5.65 Å². The van der Waals surface area contributed by atoms with Gasteiger partial charge in [0.05, 0.1) is 27.7 Å². The van der Waals surface area contributed by atoms with E-state index in [0.29, 0.717) is 18.0 Å². The molecule has 0 spiro atoms. The number of hydrogen-bond acceptors (Lipinski definition) is 5. The first-order valence-electron chi connectivity index (χ1n) is 8.97. The molecule has 0 unspecified atom stereocenters. The minimum Gasteiger partial charge on any atom is -0.352 e. The highest BCUT2D eigenvalue weighted by Crippen LogP contribution is 2.30. The number of hydrogen-bond donors (Lipinski definition) is 2. The van der Waals surface area contributed by atoms with Crippen molar-refractivity contribution in [2.45, 2.75) is 26.8 Å². The average molecular weight is 369 g/mol. The molecule has 0 aliphatic carbocycles. The average Bonchev–Trinajstić information content (AvgIpc) is 3.18. The lowest BCUT2D eigenvalue weighted by atomic mass is 10.0. The molecule has 1 aliphatic heterocycles. The number of aromatic nitrogens is 3. The number of carbonyl (C=O) groups excluding carboxylic acids is 1. The van der Waals surface area contributed by atoms with Crippen molar-refractivity contribution < 1.29 is 4.79 Å². The molecule has 1 aliphatic rings. The molecular formula is C19H23N5OS. The zero-order valence-electron chi connectivity index (χ0n) is 15.2. The first kappa shape index (κ1) is 17.2. The van der Waals surface area contributed by atoms with Crippen LogP contribution in [0.3, 0.4) is 0 Å². The predicted molar refractivity (Wildman–Crippen MR) is 105 cm³/mol. The number of nitrogens with zero attached hydrogens (tertiary/aromatic N) is 3. The molecule has 3 aromatic heterocycles. The van der Waals surface area contributed by atoms with E-state index in [-0.39, 0.29) is 11.9 Å². The van der Waals surface area contributed by atoms with Crippen LogP contribution in [0.5, 0.6) is 0 Å². The van der Waals surface area contributed by atoms with E-state index >= 15 is 0 Å².